The van der Waals surface area contributed by atoms with Crippen LogP contribution in [0, 0.1) is 0 Å². The molecule has 0 bridgehead atoms. The Kier molecular flexibility index (Phi) is 7.14. The normalized spacial score (nSPS) is 10.0. The molecule has 102 valence electrons. The van der Waals surface area contributed by atoms with Gasteiger partial charge in [0.25, 0.3) is 0 Å². The molecule has 0 N–H and O–H groups in total. The Morgan fingerprint density at radius 1 is 0.684 bits per heavy atom. The van der Waals surface area contributed by atoms with Gasteiger partial charge in [0.15, 0.2) is 37.9 Å². The Balaban J connectivity index is 0.00000180. The Hall–Kier alpha value is -0.830. The van der Waals surface area contributed by atoms with Gasteiger partial charge in [-0.1, -0.05) is 0 Å². The first-order chi connectivity index (χ1) is 8.83. The van der Waals surface area contributed by atoms with Gasteiger partial charge in [0, 0.05) is 24.3 Å². The number of halogens is 3. The molecule has 0 amide bonds. The Labute approximate surface area is 130 Å². The minimum atomic E-state index is 0. The van der Waals surface area contributed by atoms with E-state index in [4.69, 9.17) is 23.2 Å². The Bertz CT molecular complexity index is 436. The van der Waals surface area contributed by atoms with Crippen LogP contribution in [0.2, 0.25) is 0 Å². The van der Waals surface area contributed by atoms with Crippen LogP contribution in [0.4, 0.5) is 0 Å². The zero-order valence-electron chi connectivity index (χ0n) is 10.5. The molecule has 2 rings (SSSR count). The average molecular weight is 319 g/mol. The highest BCUT2D eigenvalue weighted by molar-refractivity contribution is 6.17. The molecule has 0 atom stereocenters. The van der Waals surface area contributed by atoms with Gasteiger partial charge >= 0.3 is 0 Å². The minimum Gasteiger partial charge on any atom is -1.00 e. The number of alkyl halides is 2. The molecule has 2 nitrogen and oxygen atoms in total. The lowest BCUT2D eigenvalue weighted by Gasteiger charge is -2.00. The molecule has 0 radical (unpaired) electrons. The van der Waals surface area contributed by atoms with Crippen molar-refractivity contribution in [1.82, 2.24) is 0 Å². The summed E-state index contributed by atoms with van der Waals surface area (Å²) in [5.41, 5.74) is 2.41. The van der Waals surface area contributed by atoms with E-state index in [1.807, 2.05) is 0 Å². The van der Waals surface area contributed by atoms with Crippen molar-refractivity contribution in [2.45, 2.75) is 13.1 Å². The third-order valence-electron chi connectivity index (χ3n) is 2.80. The topological polar surface area (TPSA) is 7.76 Å². The number of hydrogen-bond donors (Lipinski definition) is 0. The third kappa shape index (κ3) is 4.64. The maximum Gasteiger partial charge on any atom is 0.169 e. The number of rotatable bonds is 5. The summed E-state index contributed by atoms with van der Waals surface area (Å²) in [6, 6.07) is 8.42. The zero-order valence-corrected chi connectivity index (χ0v) is 12.7. The van der Waals surface area contributed by atoms with E-state index in [1.54, 1.807) is 0 Å². The second-order valence-electron chi connectivity index (χ2n) is 4.03. The van der Waals surface area contributed by atoms with Crippen LogP contribution in [0.25, 0.3) is 11.1 Å². The molecular formula is C14H16Cl3N2+. The summed E-state index contributed by atoms with van der Waals surface area (Å²) in [5.74, 6) is 1.27. The summed E-state index contributed by atoms with van der Waals surface area (Å²) in [7, 11) is 0. The molecule has 0 spiro atoms. The number of pyridine rings is 2. The monoisotopic (exact) mass is 317 g/mol. The van der Waals surface area contributed by atoms with E-state index in [0.29, 0.717) is 11.8 Å². The third-order valence-corrected chi connectivity index (χ3v) is 3.14. The number of hydrogen-bond acceptors (Lipinski definition) is 0. The molecule has 0 saturated heterocycles. The molecule has 0 unspecified atom stereocenters. The van der Waals surface area contributed by atoms with Gasteiger partial charge in [-0.05, 0) is 11.1 Å². The molecule has 2 aromatic rings. The Morgan fingerprint density at radius 2 is 1.00 bits per heavy atom. The van der Waals surface area contributed by atoms with Crippen molar-refractivity contribution in [3.05, 3.63) is 49.1 Å². The van der Waals surface area contributed by atoms with Crippen molar-refractivity contribution in [3.63, 3.8) is 0 Å². The van der Waals surface area contributed by atoms with Crippen molar-refractivity contribution in [1.29, 1.82) is 0 Å². The molecule has 0 fully saturated rings. The van der Waals surface area contributed by atoms with Crippen molar-refractivity contribution in [3.8, 4) is 11.1 Å². The van der Waals surface area contributed by atoms with Gasteiger partial charge in [0.05, 0.1) is 11.8 Å². The molecule has 19 heavy (non-hydrogen) atoms. The van der Waals surface area contributed by atoms with Gasteiger partial charge in [-0.25, -0.2) is 9.13 Å². The van der Waals surface area contributed by atoms with E-state index < -0.39 is 0 Å². The van der Waals surface area contributed by atoms with Crippen molar-refractivity contribution < 1.29 is 21.5 Å². The molecule has 0 aliphatic rings. The standard InChI is InChI=1S/C14H16Cl2N2.ClH/c15-5-11-17-7-1-13(2-8-17)14-3-9-18(10-4-14)12-6-16;/h1-4,7-10H,5-6,11-12H2;1H/q+2;/p-1. The van der Waals surface area contributed by atoms with Crippen LogP contribution in [-0.4, -0.2) is 11.8 Å². The first-order valence-electron chi connectivity index (χ1n) is 5.94. The molecule has 2 heterocycles. The van der Waals surface area contributed by atoms with Gasteiger partial charge in [-0.15, -0.1) is 23.2 Å². The van der Waals surface area contributed by atoms with Crippen molar-refractivity contribution >= 4 is 23.2 Å². The highest BCUT2D eigenvalue weighted by atomic mass is 35.5. The van der Waals surface area contributed by atoms with Crippen molar-refractivity contribution in [2.24, 2.45) is 0 Å². The zero-order chi connectivity index (χ0) is 12.8. The smallest absolute Gasteiger partial charge is 0.169 e. The molecule has 0 aliphatic heterocycles. The quantitative estimate of drug-likeness (QED) is 0.514. The van der Waals surface area contributed by atoms with Crippen molar-refractivity contribution in [2.75, 3.05) is 11.8 Å². The van der Waals surface area contributed by atoms with Crippen LogP contribution >= 0.6 is 23.2 Å². The van der Waals surface area contributed by atoms with E-state index in [2.05, 4.69) is 58.2 Å². The molecule has 0 aromatic carbocycles. The summed E-state index contributed by atoms with van der Waals surface area (Å²) in [6.45, 7) is 1.68. The highest BCUT2D eigenvalue weighted by Crippen LogP contribution is 2.15. The number of aromatic nitrogens is 2. The fourth-order valence-electron chi connectivity index (χ4n) is 1.79. The molecule has 5 heteroatoms. The fourth-order valence-corrected chi connectivity index (χ4v) is 2.18. The summed E-state index contributed by atoms with van der Waals surface area (Å²) in [4.78, 5) is 0. The van der Waals surface area contributed by atoms with Crippen LogP contribution < -0.4 is 21.5 Å². The van der Waals surface area contributed by atoms with Crippen LogP contribution in [0.1, 0.15) is 0 Å². The molecule has 2 aromatic heterocycles. The van der Waals surface area contributed by atoms with Crippen LogP contribution in [0.15, 0.2) is 49.1 Å². The average Bonchev–Trinajstić information content (AvgIpc) is 2.41. The van der Waals surface area contributed by atoms with E-state index in [1.165, 1.54) is 11.1 Å². The Morgan fingerprint density at radius 3 is 1.26 bits per heavy atom. The summed E-state index contributed by atoms with van der Waals surface area (Å²) < 4.78 is 4.15. The van der Waals surface area contributed by atoms with Gasteiger partial charge in [0.1, 0.15) is 0 Å². The highest BCUT2D eigenvalue weighted by Gasteiger charge is 2.04. The maximum atomic E-state index is 5.71. The number of aryl methyl sites for hydroxylation is 2. The minimum absolute atomic E-state index is 0. The second kappa shape index (κ2) is 8.36. The van der Waals surface area contributed by atoms with Crippen LogP contribution in [0.5, 0.6) is 0 Å². The number of nitrogens with zero attached hydrogens (tertiary/aromatic N) is 2. The lowest BCUT2D eigenvalue weighted by atomic mass is 10.1. The van der Waals surface area contributed by atoms with Gasteiger partial charge in [-0.3, -0.25) is 0 Å². The van der Waals surface area contributed by atoms with E-state index in [0.717, 1.165) is 13.1 Å². The fraction of sp³-hybridized carbons (Fsp3) is 0.286. The van der Waals surface area contributed by atoms with Gasteiger partial charge in [-0.2, -0.15) is 0 Å². The summed E-state index contributed by atoms with van der Waals surface area (Å²) in [6.07, 6.45) is 8.21. The summed E-state index contributed by atoms with van der Waals surface area (Å²) >= 11 is 11.4. The maximum absolute atomic E-state index is 5.71. The van der Waals surface area contributed by atoms with Gasteiger partial charge in [0.2, 0.25) is 0 Å². The lowest BCUT2D eigenvalue weighted by Crippen LogP contribution is -3.00. The van der Waals surface area contributed by atoms with Crippen LogP contribution in [-0.2, 0) is 13.1 Å². The van der Waals surface area contributed by atoms with E-state index in [9.17, 15) is 0 Å². The molecule has 0 aliphatic carbocycles. The predicted octanol–water partition coefficient (Wildman–Crippen LogP) is -0.590. The van der Waals surface area contributed by atoms with E-state index in [-0.39, 0.29) is 12.4 Å². The first-order valence-corrected chi connectivity index (χ1v) is 7.01. The second-order valence-corrected chi connectivity index (χ2v) is 4.78. The lowest BCUT2D eigenvalue weighted by molar-refractivity contribution is -0.693. The molecular weight excluding hydrogens is 303 g/mol. The largest absolute Gasteiger partial charge is 1.00 e. The summed E-state index contributed by atoms with van der Waals surface area (Å²) in [5, 5.41) is 0. The first kappa shape index (κ1) is 16.2. The van der Waals surface area contributed by atoms with E-state index >= 15 is 0 Å². The predicted molar refractivity (Wildman–Crippen MR) is 73.7 cm³/mol. The van der Waals surface area contributed by atoms with Crippen LogP contribution in [0.3, 0.4) is 0 Å². The SMILES string of the molecule is ClCC[n+]1ccc(-c2cc[n+](CCCl)cc2)cc1.[Cl-]. The van der Waals surface area contributed by atoms with Gasteiger partial charge < -0.3 is 12.4 Å². The molecule has 0 saturated carbocycles.